The molecule has 1 aromatic heterocycles. The van der Waals surface area contributed by atoms with Crippen molar-refractivity contribution >= 4 is 22.9 Å². The Morgan fingerprint density at radius 3 is 2.93 bits per heavy atom. The van der Waals surface area contributed by atoms with Crippen molar-refractivity contribution in [1.29, 1.82) is 0 Å². The number of rotatable bonds is 2. The molecule has 1 atom stereocenters. The quantitative estimate of drug-likeness (QED) is 0.788. The normalized spacial score (nSPS) is 26.2. The summed E-state index contributed by atoms with van der Waals surface area (Å²) < 4.78 is 5.79. The molecule has 0 amide bonds. The van der Waals surface area contributed by atoms with E-state index in [0.29, 0.717) is 5.88 Å². The molecule has 2 rings (SSSR count). The fourth-order valence-corrected chi connectivity index (χ4v) is 2.59. The predicted molar refractivity (Wildman–Crippen MR) is 59.3 cm³/mol. The van der Waals surface area contributed by atoms with Crippen molar-refractivity contribution in [1.82, 2.24) is 5.32 Å². The van der Waals surface area contributed by atoms with E-state index in [0.717, 1.165) is 16.3 Å². The molecule has 0 aromatic carbocycles. The molecular weight excluding hydrogens is 218 g/mol. The molecule has 0 bridgehead atoms. The molecule has 1 aliphatic rings. The van der Waals surface area contributed by atoms with Crippen molar-refractivity contribution in [3.05, 3.63) is 33.8 Å². The van der Waals surface area contributed by atoms with Gasteiger partial charge in [0.15, 0.2) is 0 Å². The van der Waals surface area contributed by atoms with Crippen LogP contribution in [-0.2, 0) is 10.5 Å². The van der Waals surface area contributed by atoms with Crippen LogP contribution in [0.2, 0.25) is 0 Å². The van der Waals surface area contributed by atoms with Crippen LogP contribution < -0.4 is 5.32 Å². The molecule has 0 radical (unpaired) electrons. The third-order valence-electron chi connectivity index (χ3n) is 2.30. The van der Waals surface area contributed by atoms with Gasteiger partial charge in [-0.1, -0.05) is 6.07 Å². The summed E-state index contributed by atoms with van der Waals surface area (Å²) in [7, 11) is 0. The third kappa shape index (κ3) is 1.51. The molecule has 2 nitrogen and oxygen atoms in total. The highest BCUT2D eigenvalue weighted by atomic mass is 35.5. The molecule has 1 N–H and O–H groups in total. The van der Waals surface area contributed by atoms with Crippen molar-refractivity contribution < 1.29 is 4.74 Å². The fourth-order valence-electron chi connectivity index (χ4n) is 1.56. The number of hydrogen-bond donors (Lipinski definition) is 1. The molecule has 0 spiro atoms. The highest BCUT2D eigenvalue weighted by molar-refractivity contribution is 7.10. The lowest BCUT2D eigenvalue weighted by atomic mass is 10.2. The first-order valence-corrected chi connectivity index (χ1v) is 5.84. The molecule has 0 fully saturated rings. The molecule has 2 heterocycles. The average molecular weight is 230 g/mol. The molecule has 1 aliphatic heterocycles. The predicted octanol–water partition coefficient (Wildman–Crippen LogP) is 3.01. The van der Waals surface area contributed by atoms with Crippen LogP contribution in [0, 0.1) is 0 Å². The van der Waals surface area contributed by atoms with Crippen LogP contribution in [-0.4, -0.2) is 5.88 Å². The van der Waals surface area contributed by atoms with Gasteiger partial charge < -0.3 is 10.1 Å². The van der Waals surface area contributed by atoms with Crippen LogP contribution >= 0.6 is 22.9 Å². The lowest BCUT2D eigenvalue weighted by Gasteiger charge is -2.24. The summed E-state index contributed by atoms with van der Waals surface area (Å²) in [5.41, 5.74) is 0.546. The maximum Gasteiger partial charge on any atom is 0.212 e. The Hall–Kier alpha value is -0.670. The SMILES string of the molecule is CC1=C(CCl)NC(C)(c2cccs2)O1. The second kappa shape index (κ2) is 3.48. The van der Waals surface area contributed by atoms with Crippen LogP contribution in [0.3, 0.4) is 0 Å². The average Bonchev–Trinajstić information content (AvgIpc) is 2.73. The summed E-state index contributed by atoms with van der Waals surface area (Å²) >= 11 is 7.47. The lowest BCUT2D eigenvalue weighted by molar-refractivity contribution is 0.0255. The van der Waals surface area contributed by atoms with Gasteiger partial charge in [0, 0.05) is 6.92 Å². The minimum absolute atomic E-state index is 0.428. The van der Waals surface area contributed by atoms with E-state index in [2.05, 4.69) is 11.4 Å². The number of ether oxygens (including phenoxy) is 1. The Balaban J connectivity index is 2.24. The Morgan fingerprint density at radius 2 is 2.43 bits per heavy atom. The van der Waals surface area contributed by atoms with Gasteiger partial charge in [-0.3, -0.25) is 0 Å². The molecule has 0 aliphatic carbocycles. The largest absolute Gasteiger partial charge is 0.466 e. The Kier molecular flexibility index (Phi) is 2.45. The molecule has 1 unspecified atom stereocenters. The van der Waals surface area contributed by atoms with E-state index in [1.54, 1.807) is 11.3 Å². The van der Waals surface area contributed by atoms with E-state index in [-0.39, 0.29) is 0 Å². The van der Waals surface area contributed by atoms with Gasteiger partial charge in [-0.2, -0.15) is 0 Å². The number of allylic oxidation sites excluding steroid dienone is 2. The molecule has 1 aromatic rings. The van der Waals surface area contributed by atoms with Crippen LogP contribution in [0.15, 0.2) is 29.0 Å². The number of nitrogens with one attached hydrogen (secondary N) is 1. The van der Waals surface area contributed by atoms with Crippen molar-refractivity contribution in [3.8, 4) is 0 Å². The zero-order valence-corrected chi connectivity index (χ0v) is 9.71. The summed E-state index contributed by atoms with van der Waals surface area (Å²) in [5.74, 6) is 1.35. The van der Waals surface area contributed by atoms with E-state index in [1.807, 2.05) is 25.3 Å². The molecule has 0 saturated heterocycles. The van der Waals surface area contributed by atoms with Crippen LogP contribution in [0.4, 0.5) is 0 Å². The van der Waals surface area contributed by atoms with Gasteiger partial charge in [0.2, 0.25) is 5.72 Å². The van der Waals surface area contributed by atoms with Gasteiger partial charge in [0.25, 0.3) is 0 Å². The second-order valence-corrected chi connectivity index (χ2v) is 4.62. The van der Waals surface area contributed by atoms with Crippen molar-refractivity contribution in [2.75, 3.05) is 5.88 Å². The first kappa shape index (κ1) is 9.87. The van der Waals surface area contributed by atoms with Gasteiger partial charge in [0.1, 0.15) is 5.76 Å². The lowest BCUT2D eigenvalue weighted by Crippen LogP contribution is -2.35. The highest BCUT2D eigenvalue weighted by Crippen LogP contribution is 2.35. The second-order valence-electron chi connectivity index (χ2n) is 3.41. The first-order valence-electron chi connectivity index (χ1n) is 4.42. The maximum absolute atomic E-state index is 5.79. The Morgan fingerprint density at radius 1 is 1.64 bits per heavy atom. The first-order chi connectivity index (χ1) is 6.65. The minimum Gasteiger partial charge on any atom is -0.466 e. The molecule has 4 heteroatoms. The molecule has 0 saturated carbocycles. The van der Waals surface area contributed by atoms with E-state index < -0.39 is 5.72 Å². The van der Waals surface area contributed by atoms with E-state index in [9.17, 15) is 0 Å². The zero-order valence-electron chi connectivity index (χ0n) is 8.13. The Labute approximate surface area is 92.5 Å². The van der Waals surface area contributed by atoms with Gasteiger partial charge in [-0.05, 0) is 18.4 Å². The van der Waals surface area contributed by atoms with E-state index >= 15 is 0 Å². The van der Waals surface area contributed by atoms with E-state index in [4.69, 9.17) is 16.3 Å². The van der Waals surface area contributed by atoms with Crippen molar-refractivity contribution in [2.45, 2.75) is 19.6 Å². The van der Waals surface area contributed by atoms with Gasteiger partial charge in [0.05, 0.1) is 16.5 Å². The van der Waals surface area contributed by atoms with Gasteiger partial charge >= 0.3 is 0 Å². The monoisotopic (exact) mass is 229 g/mol. The minimum atomic E-state index is -0.428. The standard InChI is InChI=1S/C10H12ClNOS/c1-7-8(6-11)12-10(2,13-7)9-4-3-5-14-9/h3-5,12H,6H2,1-2H3. The molecule has 76 valence electrons. The maximum atomic E-state index is 5.79. The summed E-state index contributed by atoms with van der Waals surface area (Å²) in [4.78, 5) is 1.16. The van der Waals surface area contributed by atoms with Crippen LogP contribution in [0.25, 0.3) is 0 Å². The summed E-state index contributed by atoms with van der Waals surface area (Å²) in [6, 6.07) is 4.08. The molecular formula is C10H12ClNOS. The number of alkyl halides is 1. The van der Waals surface area contributed by atoms with Gasteiger partial charge in [-0.15, -0.1) is 22.9 Å². The number of thiophene rings is 1. The smallest absolute Gasteiger partial charge is 0.212 e. The highest BCUT2D eigenvalue weighted by Gasteiger charge is 2.36. The fraction of sp³-hybridized carbons (Fsp3) is 0.400. The molecule has 14 heavy (non-hydrogen) atoms. The van der Waals surface area contributed by atoms with Crippen molar-refractivity contribution in [2.24, 2.45) is 0 Å². The topological polar surface area (TPSA) is 21.3 Å². The Bertz CT molecular complexity index is 360. The summed E-state index contributed by atoms with van der Waals surface area (Å²) in [5, 5.41) is 5.35. The third-order valence-corrected chi connectivity index (χ3v) is 3.64. The zero-order chi connectivity index (χ0) is 10.2. The van der Waals surface area contributed by atoms with Crippen LogP contribution in [0.1, 0.15) is 18.7 Å². The number of halogens is 1. The van der Waals surface area contributed by atoms with E-state index in [1.165, 1.54) is 0 Å². The number of hydrogen-bond acceptors (Lipinski definition) is 3. The van der Waals surface area contributed by atoms with Crippen LogP contribution in [0.5, 0.6) is 0 Å². The van der Waals surface area contributed by atoms with Gasteiger partial charge in [-0.25, -0.2) is 0 Å². The van der Waals surface area contributed by atoms with Crippen molar-refractivity contribution in [3.63, 3.8) is 0 Å². The summed E-state index contributed by atoms with van der Waals surface area (Å²) in [6.45, 7) is 3.95. The summed E-state index contributed by atoms with van der Waals surface area (Å²) in [6.07, 6.45) is 0.